The van der Waals surface area contributed by atoms with Gasteiger partial charge in [0, 0.05) is 36.6 Å². The third-order valence-corrected chi connectivity index (χ3v) is 5.71. The van der Waals surface area contributed by atoms with Crippen LogP contribution in [0.2, 0.25) is 0 Å². The maximum absolute atomic E-state index is 5.53. The Balaban J connectivity index is 2.67. The Morgan fingerprint density at radius 1 is 1.27 bits per heavy atom. The van der Waals surface area contributed by atoms with Crippen LogP contribution in [-0.2, 0) is 4.74 Å². The predicted octanol–water partition coefficient (Wildman–Crippen LogP) is 1.79. The summed E-state index contributed by atoms with van der Waals surface area (Å²) in [6, 6.07) is 0. The zero-order valence-electron chi connectivity index (χ0n) is 15.2. The van der Waals surface area contributed by atoms with Crippen LogP contribution in [0.5, 0.6) is 0 Å². The zero-order valence-corrected chi connectivity index (χ0v) is 16.0. The van der Waals surface area contributed by atoms with Crippen molar-refractivity contribution in [3.63, 3.8) is 0 Å². The van der Waals surface area contributed by atoms with Gasteiger partial charge < -0.3 is 20.3 Å². The molecule has 0 saturated carbocycles. The smallest absolute Gasteiger partial charge is 0.191 e. The van der Waals surface area contributed by atoms with Crippen molar-refractivity contribution in [1.29, 1.82) is 0 Å². The molecule has 1 rings (SSSR count). The fourth-order valence-corrected chi connectivity index (χ4v) is 2.65. The molecule has 2 N–H and O–H groups in total. The van der Waals surface area contributed by atoms with E-state index in [1.165, 1.54) is 0 Å². The first-order valence-electron chi connectivity index (χ1n) is 8.18. The second-order valence-corrected chi connectivity index (χ2v) is 8.26. The molecule has 5 nitrogen and oxygen atoms in total. The zero-order chi connectivity index (χ0) is 16.6. The highest BCUT2D eigenvalue weighted by Gasteiger charge is 2.34. The summed E-state index contributed by atoms with van der Waals surface area (Å²) in [6.45, 7) is 10.8. The van der Waals surface area contributed by atoms with Crippen LogP contribution in [-0.4, -0.2) is 74.3 Å². The number of hydrogen-bond acceptors (Lipinski definition) is 4. The monoisotopic (exact) mass is 330 g/mol. The van der Waals surface area contributed by atoms with Crippen molar-refractivity contribution >= 4 is 17.7 Å². The Hall–Kier alpha value is -0.460. The van der Waals surface area contributed by atoms with Gasteiger partial charge in [-0.2, -0.15) is 11.8 Å². The van der Waals surface area contributed by atoms with E-state index in [0.29, 0.717) is 0 Å². The second kappa shape index (κ2) is 8.99. The summed E-state index contributed by atoms with van der Waals surface area (Å²) in [5.74, 6) is 0.914. The highest BCUT2D eigenvalue weighted by atomic mass is 32.2. The molecule has 0 aromatic heterocycles. The molecule has 1 saturated heterocycles. The highest BCUT2D eigenvalue weighted by molar-refractivity contribution is 7.99. The van der Waals surface area contributed by atoms with Gasteiger partial charge in [-0.3, -0.25) is 4.99 Å². The van der Waals surface area contributed by atoms with E-state index in [1.807, 2.05) is 11.8 Å². The van der Waals surface area contributed by atoms with E-state index in [2.05, 4.69) is 56.7 Å². The van der Waals surface area contributed by atoms with Crippen LogP contribution in [0.1, 0.15) is 33.6 Å². The molecule has 0 bridgehead atoms. The van der Waals surface area contributed by atoms with Crippen LogP contribution in [0.25, 0.3) is 0 Å². The summed E-state index contributed by atoms with van der Waals surface area (Å²) >= 11 is 1.85. The molecule has 0 spiro atoms. The quantitative estimate of drug-likeness (QED) is 0.551. The Kier molecular flexibility index (Phi) is 8.00. The average Bonchev–Trinajstić information content (AvgIpc) is 2.51. The number of likely N-dealkylation sites (N-methyl/N-ethyl adjacent to an activating group) is 1. The summed E-state index contributed by atoms with van der Waals surface area (Å²) in [7, 11) is 4.32. The lowest BCUT2D eigenvalue weighted by Gasteiger charge is -2.43. The first-order valence-corrected chi connectivity index (χ1v) is 9.40. The number of ether oxygens (including phenoxy) is 1. The molecule has 130 valence electrons. The van der Waals surface area contributed by atoms with Crippen LogP contribution < -0.4 is 10.6 Å². The third-order valence-electron chi connectivity index (χ3n) is 4.47. The lowest BCUT2D eigenvalue weighted by atomic mass is 9.88. The van der Waals surface area contributed by atoms with E-state index in [-0.39, 0.29) is 10.3 Å². The van der Waals surface area contributed by atoms with Crippen LogP contribution in [0.4, 0.5) is 0 Å². The normalized spacial score (nSPS) is 19.3. The molecule has 1 heterocycles. The lowest BCUT2D eigenvalue weighted by Crippen LogP contribution is -2.57. The van der Waals surface area contributed by atoms with Crippen molar-refractivity contribution in [3.8, 4) is 0 Å². The molecule has 1 aliphatic heterocycles. The minimum absolute atomic E-state index is 0.156. The topological polar surface area (TPSA) is 48.9 Å². The molecule has 6 heteroatoms. The van der Waals surface area contributed by atoms with Crippen molar-refractivity contribution in [1.82, 2.24) is 15.5 Å². The molecule has 0 atom stereocenters. The molecule has 0 aromatic rings. The van der Waals surface area contributed by atoms with E-state index in [4.69, 9.17) is 9.73 Å². The van der Waals surface area contributed by atoms with E-state index in [9.17, 15) is 0 Å². The van der Waals surface area contributed by atoms with Gasteiger partial charge in [-0.25, -0.2) is 0 Å². The molecule has 1 fully saturated rings. The number of nitrogens with zero attached hydrogens (tertiary/aromatic N) is 2. The minimum atomic E-state index is 0.156. The molecule has 1 aliphatic rings. The largest absolute Gasteiger partial charge is 0.381 e. The summed E-state index contributed by atoms with van der Waals surface area (Å²) in [4.78, 5) is 7.09. The highest BCUT2D eigenvalue weighted by Crippen LogP contribution is 2.25. The standard InChI is InChI=1S/C16H34N4OS/c1-7-17-14(18-12-15(2,3)22-6)19-13-16(20(4)5)8-10-21-11-9-16/h7-13H2,1-6H3,(H2,17,18,19). The molecule has 0 aliphatic carbocycles. The maximum atomic E-state index is 5.53. The summed E-state index contributed by atoms with van der Waals surface area (Å²) in [5.41, 5.74) is 0.156. The fourth-order valence-electron chi connectivity index (χ4n) is 2.46. The Morgan fingerprint density at radius 2 is 1.91 bits per heavy atom. The first-order chi connectivity index (χ1) is 10.4. The SMILES string of the molecule is CCNC(=NCC(C)(C)SC)NCC1(N(C)C)CCOCC1. The van der Waals surface area contributed by atoms with Gasteiger partial charge in [-0.15, -0.1) is 0 Å². The lowest BCUT2D eigenvalue weighted by molar-refractivity contribution is -0.00501. The van der Waals surface area contributed by atoms with Gasteiger partial charge in [0.25, 0.3) is 0 Å². The summed E-state index contributed by atoms with van der Waals surface area (Å²) < 4.78 is 5.70. The molecular weight excluding hydrogens is 296 g/mol. The van der Waals surface area contributed by atoms with Gasteiger partial charge >= 0.3 is 0 Å². The van der Waals surface area contributed by atoms with Gasteiger partial charge in [0.1, 0.15) is 0 Å². The predicted molar refractivity (Wildman–Crippen MR) is 98.0 cm³/mol. The maximum Gasteiger partial charge on any atom is 0.191 e. The Bertz CT molecular complexity index is 352. The van der Waals surface area contributed by atoms with Crippen LogP contribution in [0, 0.1) is 0 Å². The van der Waals surface area contributed by atoms with Crippen molar-refractivity contribution in [3.05, 3.63) is 0 Å². The second-order valence-electron chi connectivity index (χ2n) is 6.74. The van der Waals surface area contributed by atoms with E-state index >= 15 is 0 Å². The molecule has 0 radical (unpaired) electrons. The van der Waals surface area contributed by atoms with Crippen LogP contribution in [0.15, 0.2) is 4.99 Å². The third kappa shape index (κ3) is 5.97. The minimum Gasteiger partial charge on any atom is -0.381 e. The Morgan fingerprint density at radius 3 is 2.41 bits per heavy atom. The van der Waals surface area contributed by atoms with Gasteiger partial charge in [0.15, 0.2) is 5.96 Å². The van der Waals surface area contributed by atoms with E-state index in [1.54, 1.807) is 0 Å². The number of hydrogen-bond donors (Lipinski definition) is 2. The van der Waals surface area contributed by atoms with E-state index in [0.717, 1.165) is 51.6 Å². The molecular formula is C16H34N4OS. The van der Waals surface area contributed by atoms with Gasteiger partial charge in [-0.05, 0) is 54.0 Å². The van der Waals surface area contributed by atoms with Crippen molar-refractivity contribution in [2.75, 3.05) is 53.2 Å². The molecule has 0 aromatic carbocycles. The van der Waals surface area contributed by atoms with Crippen molar-refractivity contribution in [2.45, 2.75) is 43.9 Å². The average molecular weight is 331 g/mol. The Labute approximate surface area is 140 Å². The molecule has 0 unspecified atom stereocenters. The number of nitrogens with one attached hydrogen (secondary N) is 2. The van der Waals surface area contributed by atoms with Gasteiger partial charge in [0.05, 0.1) is 6.54 Å². The van der Waals surface area contributed by atoms with Gasteiger partial charge in [-0.1, -0.05) is 0 Å². The number of rotatable bonds is 7. The molecule has 22 heavy (non-hydrogen) atoms. The number of guanidine groups is 1. The van der Waals surface area contributed by atoms with Crippen molar-refractivity contribution in [2.24, 2.45) is 4.99 Å². The summed E-state index contributed by atoms with van der Waals surface area (Å²) in [5, 5.41) is 6.90. The number of thioether (sulfide) groups is 1. The summed E-state index contributed by atoms with van der Waals surface area (Å²) in [6.07, 6.45) is 4.25. The van der Waals surface area contributed by atoms with Crippen LogP contribution in [0.3, 0.4) is 0 Å². The molecule has 0 amide bonds. The van der Waals surface area contributed by atoms with E-state index < -0.39 is 0 Å². The van der Waals surface area contributed by atoms with Crippen LogP contribution >= 0.6 is 11.8 Å². The van der Waals surface area contributed by atoms with Crippen molar-refractivity contribution < 1.29 is 4.74 Å². The first kappa shape index (κ1) is 19.6. The number of aliphatic imine (C=N–C) groups is 1. The van der Waals surface area contributed by atoms with Gasteiger partial charge in [0.2, 0.25) is 0 Å². The fraction of sp³-hybridized carbons (Fsp3) is 0.938.